The van der Waals surface area contributed by atoms with Gasteiger partial charge in [0.15, 0.2) is 16.7 Å². The number of ether oxygens (including phenoxy) is 2. The molecule has 24 heavy (non-hydrogen) atoms. The number of anilines is 1. The molecule has 2 amide bonds. The molecule has 0 saturated heterocycles. The fraction of sp³-hybridized carbons (Fsp3) is 0.294. The van der Waals surface area contributed by atoms with E-state index in [0.717, 1.165) is 5.56 Å². The van der Waals surface area contributed by atoms with Crippen LogP contribution in [-0.2, 0) is 6.42 Å². The van der Waals surface area contributed by atoms with Crippen LogP contribution in [-0.4, -0.2) is 31.3 Å². The molecule has 0 spiro atoms. The van der Waals surface area contributed by atoms with E-state index in [-0.39, 0.29) is 11.2 Å². The Balaban J connectivity index is 1.85. The van der Waals surface area contributed by atoms with Gasteiger partial charge < -0.3 is 20.1 Å². The molecule has 0 radical (unpaired) electrons. The van der Waals surface area contributed by atoms with Crippen molar-refractivity contribution in [2.45, 2.75) is 13.3 Å². The molecule has 0 atom stereocenters. The molecule has 0 aliphatic heterocycles. The minimum Gasteiger partial charge on any atom is -0.493 e. The number of nitrogens with zero attached hydrogens (tertiary/aromatic N) is 1. The van der Waals surface area contributed by atoms with Crippen molar-refractivity contribution in [3.8, 4) is 11.5 Å². The van der Waals surface area contributed by atoms with Gasteiger partial charge in [0.25, 0.3) is 0 Å². The predicted octanol–water partition coefficient (Wildman–Crippen LogP) is 3.51. The second kappa shape index (κ2) is 8.98. The van der Waals surface area contributed by atoms with Gasteiger partial charge in [0.1, 0.15) is 0 Å². The van der Waals surface area contributed by atoms with Gasteiger partial charge in [-0.15, -0.1) is 0 Å². The molecule has 0 aliphatic carbocycles. The summed E-state index contributed by atoms with van der Waals surface area (Å²) in [5.74, 6) is 1.39. The maximum atomic E-state index is 11.9. The first-order valence-electron chi connectivity index (χ1n) is 7.59. The van der Waals surface area contributed by atoms with Crippen LogP contribution in [0.2, 0.25) is 5.15 Å². The van der Waals surface area contributed by atoms with Gasteiger partial charge in [-0.25, -0.2) is 9.78 Å². The molecule has 128 valence electrons. The molecule has 6 nitrogen and oxygen atoms in total. The Morgan fingerprint density at radius 1 is 1.29 bits per heavy atom. The van der Waals surface area contributed by atoms with Crippen LogP contribution in [0.5, 0.6) is 11.5 Å². The number of rotatable bonds is 7. The number of hydrogen-bond donors (Lipinski definition) is 2. The van der Waals surface area contributed by atoms with E-state index in [2.05, 4.69) is 15.6 Å². The van der Waals surface area contributed by atoms with Gasteiger partial charge in [0, 0.05) is 12.7 Å². The Morgan fingerprint density at radius 2 is 2.12 bits per heavy atom. The summed E-state index contributed by atoms with van der Waals surface area (Å²) in [5.41, 5.74) is 1.51. The fourth-order valence-corrected chi connectivity index (χ4v) is 2.27. The highest BCUT2D eigenvalue weighted by atomic mass is 35.5. The minimum absolute atomic E-state index is 0.254. The highest BCUT2D eigenvalue weighted by molar-refractivity contribution is 6.32. The number of carbonyl (C=O) groups excluding carboxylic acids is 1. The topological polar surface area (TPSA) is 72.5 Å². The van der Waals surface area contributed by atoms with Gasteiger partial charge in [-0.3, -0.25) is 0 Å². The van der Waals surface area contributed by atoms with Crippen molar-refractivity contribution < 1.29 is 14.3 Å². The lowest BCUT2D eigenvalue weighted by atomic mass is 10.1. The molecule has 2 rings (SSSR count). The molecule has 0 aliphatic rings. The van der Waals surface area contributed by atoms with Crippen LogP contribution < -0.4 is 20.1 Å². The smallest absolute Gasteiger partial charge is 0.319 e. The Labute approximate surface area is 146 Å². The Bertz CT molecular complexity index is 695. The molecule has 0 fully saturated rings. The Morgan fingerprint density at radius 3 is 2.83 bits per heavy atom. The number of pyridine rings is 1. The quantitative estimate of drug-likeness (QED) is 0.750. The van der Waals surface area contributed by atoms with Crippen molar-refractivity contribution in [2.75, 3.05) is 25.6 Å². The molecule has 0 bridgehead atoms. The van der Waals surface area contributed by atoms with Crippen LogP contribution in [0.4, 0.5) is 10.5 Å². The molecule has 1 aromatic carbocycles. The average molecular weight is 350 g/mol. The van der Waals surface area contributed by atoms with Crippen LogP contribution in [0.15, 0.2) is 36.5 Å². The van der Waals surface area contributed by atoms with Crippen molar-refractivity contribution in [2.24, 2.45) is 0 Å². The highest BCUT2D eigenvalue weighted by Crippen LogP contribution is 2.28. The lowest BCUT2D eigenvalue weighted by Crippen LogP contribution is -2.30. The van der Waals surface area contributed by atoms with Crippen molar-refractivity contribution in [1.29, 1.82) is 0 Å². The number of benzene rings is 1. The molecule has 0 saturated carbocycles. The number of hydrogen-bond acceptors (Lipinski definition) is 4. The van der Waals surface area contributed by atoms with Gasteiger partial charge in [-0.1, -0.05) is 17.7 Å². The molecule has 1 heterocycles. The SMILES string of the molecule is CCOc1ccc(CCNC(=O)Nc2cccnc2Cl)cc1OC. The number of urea groups is 1. The summed E-state index contributed by atoms with van der Waals surface area (Å²) in [6, 6.07) is 8.78. The largest absolute Gasteiger partial charge is 0.493 e. The van der Waals surface area contributed by atoms with Crippen molar-refractivity contribution in [3.63, 3.8) is 0 Å². The molecule has 1 aromatic heterocycles. The van der Waals surface area contributed by atoms with Gasteiger partial charge >= 0.3 is 6.03 Å². The fourth-order valence-electron chi connectivity index (χ4n) is 2.11. The van der Waals surface area contributed by atoms with Crippen LogP contribution >= 0.6 is 11.6 Å². The summed E-state index contributed by atoms with van der Waals surface area (Å²) < 4.78 is 10.8. The van der Waals surface area contributed by atoms with E-state index in [9.17, 15) is 4.79 Å². The van der Waals surface area contributed by atoms with E-state index in [4.69, 9.17) is 21.1 Å². The molecule has 0 unspecified atom stereocenters. The maximum Gasteiger partial charge on any atom is 0.319 e. The van der Waals surface area contributed by atoms with Crippen molar-refractivity contribution in [3.05, 3.63) is 47.2 Å². The minimum atomic E-state index is -0.331. The third kappa shape index (κ3) is 5.03. The third-order valence-corrected chi connectivity index (χ3v) is 3.54. The first kappa shape index (κ1) is 17.9. The second-order valence-electron chi connectivity index (χ2n) is 4.89. The first-order valence-corrected chi connectivity index (χ1v) is 7.97. The van der Waals surface area contributed by atoms with Gasteiger partial charge in [0.05, 0.1) is 19.4 Å². The van der Waals surface area contributed by atoms with Crippen LogP contribution in [0, 0.1) is 0 Å². The summed E-state index contributed by atoms with van der Waals surface area (Å²) in [5, 5.41) is 5.68. The van der Waals surface area contributed by atoms with Gasteiger partial charge in [0.2, 0.25) is 0 Å². The number of carbonyl (C=O) groups is 1. The first-order chi connectivity index (χ1) is 11.6. The predicted molar refractivity (Wildman–Crippen MR) is 94.1 cm³/mol. The molecule has 2 aromatic rings. The Hall–Kier alpha value is -2.47. The number of aromatic nitrogens is 1. The summed E-state index contributed by atoms with van der Waals surface area (Å²) in [7, 11) is 1.60. The van der Waals surface area contributed by atoms with Crippen molar-refractivity contribution in [1.82, 2.24) is 10.3 Å². The van der Waals surface area contributed by atoms with E-state index in [1.54, 1.807) is 25.4 Å². The molecular formula is C17H20ClN3O3. The van der Waals surface area contributed by atoms with Gasteiger partial charge in [-0.05, 0) is 43.2 Å². The van der Waals surface area contributed by atoms with Gasteiger partial charge in [-0.2, -0.15) is 0 Å². The third-order valence-electron chi connectivity index (χ3n) is 3.23. The van der Waals surface area contributed by atoms with Crippen LogP contribution in [0.1, 0.15) is 12.5 Å². The standard InChI is InChI=1S/C17H20ClN3O3/c1-3-24-14-7-6-12(11-15(14)23-2)8-10-20-17(22)21-13-5-4-9-19-16(13)18/h4-7,9,11H,3,8,10H2,1-2H3,(H2,20,21,22). The summed E-state index contributed by atoms with van der Waals surface area (Å²) in [4.78, 5) is 15.8. The van der Waals surface area contributed by atoms with E-state index in [0.29, 0.717) is 36.8 Å². The summed E-state index contributed by atoms with van der Waals surface area (Å²) >= 11 is 5.89. The van der Waals surface area contributed by atoms with E-state index < -0.39 is 0 Å². The van der Waals surface area contributed by atoms with E-state index in [1.807, 2.05) is 25.1 Å². The average Bonchev–Trinajstić information content (AvgIpc) is 2.58. The zero-order valence-corrected chi connectivity index (χ0v) is 14.4. The maximum absolute atomic E-state index is 11.9. The van der Waals surface area contributed by atoms with Crippen molar-refractivity contribution >= 4 is 23.3 Å². The Kier molecular flexibility index (Phi) is 6.69. The van der Waals surface area contributed by atoms with E-state index in [1.165, 1.54) is 0 Å². The lowest BCUT2D eigenvalue weighted by molar-refractivity contribution is 0.252. The number of halogens is 1. The van der Waals surface area contributed by atoms with Crippen LogP contribution in [0.3, 0.4) is 0 Å². The lowest BCUT2D eigenvalue weighted by Gasteiger charge is -2.12. The highest BCUT2D eigenvalue weighted by Gasteiger charge is 2.07. The zero-order valence-electron chi connectivity index (χ0n) is 13.6. The number of nitrogens with one attached hydrogen (secondary N) is 2. The zero-order chi connectivity index (χ0) is 17.4. The molecule has 2 N–H and O–H groups in total. The summed E-state index contributed by atoms with van der Waals surface area (Å²) in [6.45, 7) is 2.97. The monoisotopic (exact) mass is 349 g/mol. The number of amides is 2. The number of methoxy groups -OCH3 is 1. The van der Waals surface area contributed by atoms with E-state index >= 15 is 0 Å². The molecular weight excluding hydrogens is 330 g/mol. The van der Waals surface area contributed by atoms with Crippen LogP contribution in [0.25, 0.3) is 0 Å². The second-order valence-corrected chi connectivity index (χ2v) is 5.25. The summed E-state index contributed by atoms with van der Waals surface area (Å²) in [6.07, 6.45) is 2.22. The normalized spacial score (nSPS) is 10.1. The molecule has 7 heteroatoms.